The molecule has 18 heavy (non-hydrogen) atoms. The molecule has 6 nitrogen and oxygen atoms in total. The lowest BCUT2D eigenvalue weighted by Crippen LogP contribution is -2.39. The van der Waals surface area contributed by atoms with Gasteiger partial charge in [-0.25, -0.2) is 8.42 Å². The summed E-state index contributed by atoms with van der Waals surface area (Å²) in [6, 6.07) is 8.42. The lowest BCUT2D eigenvalue weighted by Gasteiger charge is -2.11. The molecule has 0 unspecified atom stereocenters. The Morgan fingerprint density at radius 3 is 2.61 bits per heavy atom. The van der Waals surface area contributed by atoms with Crippen LogP contribution in [0.1, 0.15) is 10.4 Å². The summed E-state index contributed by atoms with van der Waals surface area (Å²) in [6.07, 6.45) is 1.06. The lowest BCUT2D eigenvalue weighted by atomic mass is 10.2. The molecule has 2 rings (SSSR count). The zero-order valence-corrected chi connectivity index (χ0v) is 10.7. The van der Waals surface area contributed by atoms with E-state index in [2.05, 4.69) is 5.32 Å². The zero-order valence-electron chi connectivity index (χ0n) is 9.87. The molecule has 0 spiro atoms. The van der Waals surface area contributed by atoms with Crippen LogP contribution in [0, 0.1) is 0 Å². The molecule has 7 heteroatoms. The topological polar surface area (TPSA) is 75.7 Å². The van der Waals surface area contributed by atoms with Crippen molar-refractivity contribution < 1.29 is 18.0 Å². The van der Waals surface area contributed by atoms with Gasteiger partial charge in [-0.1, -0.05) is 22.7 Å². The third-order valence-corrected chi connectivity index (χ3v) is 3.52. The van der Waals surface area contributed by atoms with Crippen LogP contribution >= 0.6 is 0 Å². The van der Waals surface area contributed by atoms with Crippen LogP contribution in [0.4, 0.5) is 0 Å². The minimum atomic E-state index is -3.38. The highest BCUT2D eigenvalue weighted by molar-refractivity contribution is 7.88. The molecular weight excluding hydrogens is 256 g/mol. The fourth-order valence-corrected chi connectivity index (χ4v) is 2.34. The summed E-state index contributed by atoms with van der Waals surface area (Å²) in [5.74, 6) is -0.237. The number of carbonyl (C=O) groups excluding carboxylic acids is 1. The van der Waals surface area contributed by atoms with Crippen molar-refractivity contribution in [2.45, 2.75) is 6.04 Å². The van der Waals surface area contributed by atoms with Gasteiger partial charge >= 0.3 is 0 Å². The van der Waals surface area contributed by atoms with Gasteiger partial charge in [0.2, 0.25) is 10.0 Å². The van der Waals surface area contributed by atoms with Crippen molar-refractivity contribution in [3.63, 3.8) is 0 Å². The number of sulfonamides is 1. The molecule has 0 aromatic heterocycles. The summed E-state index contributed by atoms with van der Waals surface area (Å²) in [4.78, 5) is 16.8. The Morgan fingerprint density at radius 2 is 2.06 bits per heavy atom. The van der Waals surface area contributed by atoms with Crippen LogP contribution in [0.15, 0.2) is 30.3 Å². The molecule has 1 aliphatic rings. The van der Waals surface area contributed by atoms with E-state index in [-0.39, 0.29) is 25.1 Å². The van der Waals surface area contributed by atoms with Gasteiger partial charge in [0, 0.05) is 5.56 Å². The Kier molecular flexibility index (Phi) is 3.65. The van der Waals surface area contributed by atoms with E-state index in [1.807, 2.05) is 6.07 Å². The second kappa shape index (κ2) is 5.05. The first-order chi connectivity index (χ1) is 8.47. The molecule has 0 aliphatic carbocycles. The lowest BCUT2D eigenvalue weighted by molar-refractivity contribution is -0.0283. The third-order valence-electron chi connectivity index (χ3n) is 2.53. The maximum atomic E-state index is 11.8. The van der Waals surface area contributed by atoms with Crippen LogP contribution < -0.4 is 5.32 Å². The van der Waals surface area contributed by atoms with E-state index >= 15 is 0 Å². The van der Waals surface area contributed by atoms with Crippen LogP contribution in [-0.2, 0) is 14.9 Å². The molecule has 1 fully saturated rings. The highest BCUT2D eigenvalue weighted by Crippen LogP contribution is 2.10. The van der Waals surface area contributed by atoms with Crippen molar-refractivity contribution in [2.75, 3.05) is 19.4 Å². The number of nitrogens with one attached hydrogen (secondary N) is 1. The molecule has 1 amide bonds. The first-order valence-electron chi connectivity index (χ1n) is 5.43. The zero-order chi connectivity index (χ0) is 13.2. The molecule has 1 aliphatic heterocycles. The van der Waals surface area contributed by atoms with Gasteiger partial charge in [0.25, 0.3) is 5.91 Å². The highest BCUT2D eigenvalue weighted by Gasteiger charge is 2.31. The number of nitrogens with zero attached hydrogens (tertiary/aromatic N) is 1. The summed E-state index contributed by atoms with van der Waals surface area (Å²) >= 11 is 0. The van der Waals surface area contributed by atoms with Crippen molar-refractivity contribution in [2.24, 2.45) is 0 Å². The maximum absolute atomic E-state index is 11.8. The van der Waals surface area contributed by atoms with Crippen LogP contribution in [0.2, 0.25) is 0 Å². The maximum Gasteiger partial charge on any atom is 0.251 e. The van der Waals surface area contributed by atoms with Gasteiger partial charge in [-0.3, -0.25) is 9.63 Å². The molecule has 0 saturated carbocycles. The molecule has 1 heterocycles. The van der Waals surface area contributed by atoms with Gasteiger partial charge in [-0.2, -0.15) is 0 Å². The highest BCUT2D eigenvalue weighted by atomic mass is 32.2. The van der Waals surface area contributed by atoms with Crippen molar-refractivity contribution in [1.29, 1.82) is 0 Å². The smallest absolute Gasteiger partial charge is 0.251 e. The molecule has 1 aromatic rings. The van der Waals surface area contributed by atoms with Gasteiger partial charge in [0.05, 0.1) is 25.4 Å². The molecule has 1 atom stereocenters. The van der Waals surface area contributed by atoms with Gasteiger partial charge < -0.3 is 5.32 Å². The first kappa shape index (κ1) is 13.0. The SMILES string of the molecule is CS(=O)(=O)N1C[C@H](NC(=O)c2ccccc2)CO1. The van der Waals surface area contributed by atoms with E-state index in [4.69, 9.17) is 4.84 Å². The average Bonchev–Trinajstić information content (AvgIpc) is 2.78. The summed E-state index contributed by atoms with van der Waals surface area (Å²) < 4.78 is 23.3. The number of carbonyl (C=O) groups is 1. The number of amides is 1. The fraction of sp³-hybridized carbons (Fsp3) is 0.364. The van der Waals surface area contributed by atoms with E-state index in [1.165, 1.54) is 0 Å². The van der Waals surface area contributed by atoms with Crippen molar-refractivity contribution >= 4 is 15.9 Å². The van der Waals surface area contributed by atoms with Gasteiger partial charge in [-0.15, -0.1) is 0 Å². The molecule has 1 aromatic carbocycles. The number of hydroxylamine groups is 1. The Balaban J connectivity index is 1.95. The Hall–Kier alpha value is -1.44. The molecular formula is C11H14N2O4S. The summed E-state index contributed by atoms with van der Waals surface area (Å²) in [6.45, 7) is 0.295. The normalized spacial score (nSPS) is 20.8. The predicted octanol–water partition coefficient (Wildman–Crippen LogP) is -0.00820. The quantitative estimate of drug-likeness (QED) is 0.838. The van der Waals surface area contributed by atoms with Gasteiger partial charge in [0.1, 0.15) is 0 Å². The largest absolute Gasteiger partial charge is 0.345 e. The van der Waals surface area contributed by atoms with Crippen molar-refractivity contribution in [3.05, 3.63) is 35.9 Å². The minimum absolute atomic E-state index is 0.136. The van der Waals surface area contributed by atoms with Crippen LogP contribution in [0.25, 0.3) is 0 Å². The number of hydrogen-bond donors (Lipinski definition) is 1. The van der Waals surface area contributed by atoms with Crippen molar-refractivity contribution in [3.8, 4) is 0 Å². The molecule has 1 saturated heterocycles. The standard InChI is InChI=1S/C11H14N2O4S/c1-18(15,16)13-7-10(8-17-13)12-11(14)9-5-3-2-4-6-9/h2-6,10H,7-8H2,1H3,(H,12,14)/t10-/m0/s1. The fourth-order valence-electron chi connectivity index (χ4n) is 1.64. The number of benzene rings is 1. The number of hydrogen-bond acceptors (Lipinski definition) is 4. The summed E-state index contributed by atoms with van der Waals surface area (Å²) in [5.41, 5.74) is 0.537. The molecule has 0 bridgehead atoms. The van der Waals surface area contributed by atoms with Gasteiger partial charge in [-0.05, 0) is 12.1 Å². The van der Waals surface area contributed by atoms with E-state index in [0.717, 1.165) is 10.7 Å². The Labute approximate surface area is 106 Å². The van der Waals surface area contributed by atoms with Crippen LogP contribution in [0.5, 0.6) is 0 Å². The Bertz CT molecular complexity index is 529. The predicted molar refractivity (Wildman–Crippen MR) is 65.2 cm³/mol. The summed E-state index contributed by atoms with van der Waals surface area (Å²) in [5, 5.41) is 2.73. The Morgan fingerprint density at radius 1 is 1.39 bits per heavy atom. The minimum Gasteiger partial charge on any atom is -0.345 e. The molecule has 1 N–H and O–H groups in total. The van der Waals surface area contributed by atoms with E-state index in [0.29, 0.717) is 5.56 Å². The van der Waals surface area contributed by atoms with E-state index in [9.17, 15) is 13.2 Å². The third kappa shape index (κ3) is 3.06. The first-order valence-corrected chi connectivity index (χ1v) is 7.28. The van der Waals surface area contributed by atoms with E-state index < -0.39 is 10.0 Å². The second-order valence-corrected chi connectivity index (χ2v) is 5.95. The van der Waals surface area contributed by atoms with Gasteiger partial charge in [0.15, 0.2) is 0 Å². The summed E-state index contributed by atoms with van der Waals surface area (Å²) in [7, 11) is -3.38. The second-order valence-electron chi connectivity index (χ2n) is 4.08. The van der Waals surface area contributed by atoms with Crippen molar-refractivity contribution in [1.82, 2.24) is 9.79 Å². The molecule has 98 valence electrons. The van der Waals surface area contributed by atoms with E-state index in [1.54, 1.807) is 24.3 Å². The number of rotatable bonds is 3. The monoisotopic (exact) mass is 270 g/mol. The van der Waals surface area contributed by atoms with Crippen LogP contribution in [0.3, 0.4) is 0 Å². The van der Waals surface area contributed by atoms with Crippen LogP contribution in [-0.4, -0.2) is 44.2 Å². The average molecular weight is 270 g/mol. The molecule has 0 radical (unpaired) electrons.